The van der Waals surface area contributed by atoms with Crippen molar-refractivity contribution in [3.8, 4) is 11.8 Å². The van der Waals surface area contributed by atoms with Crippen LogP contribution in [-0.4, -0.2) is 0 Å². The van der Waals surface area contributed by atoms with Crippen LogP contribution >= 0.6 is 0 Å². The summed E-state index contributed by atoms with van der Waals surface area (Å²) in [5.74, 6) is 21.9. The van der Waals surface area contributed by atoms with E-state index in [1.807, 2.05) is 0 Å². The standard InChI is InChI=1S/2C11H22.2C10H20.2C10H18.C9H18/c2*1-8(2)5-10-7-11(10)6-9(3)4;4*1-9(2)7-5-6-8-10(3)4;1-8(2)6-5-7-9(3)4/h2*8-11H,5-7H2,1-4H3;2*5-6,9-10H,7-8H2,1-4H3;9-10H,7-8H2,1-4H3;5,8-10H,7H2,1-4H3;5-6,8-9H,7H2,1-4H3/b;;6-5+;6-5-;;;6-5+. The third-order valence-corrected chi connectivity index (χ3v) is 11.4. The molecule has 4 unspecified atom stereocenters. The minimum atomic E-state index is 0.628. The summed E-state index contributed by atoms with van der Waals surface area (Å²) >= 11 is 0. The highest BCUT2D eigenvalue weighted by atomic mass is 14.4. The molecular weight excluding hydrogens is 853 g/mol. The molecule has 0 aromatic heterocycles. The minimum Gasteiger partial charge on any atom is -0.129 e. The molecule has 2 saturated carbocycles. The van der Waals surface area contributed by atoms with Crippen LogP contribution in [0.5, 0.6) is 0 Å². The zero-order valence-electron chi connectivity index (χ0n) is 54.4. The number of rotatable bonds is 24. The summed E-state index contributed by atoms with van der Waals surface area (Å²) in [7, 11) is 0. The van der Waals surface area contributed by atoms with Crippen molar-refractivity contribution in [2.45, 2.75) is 284 Å². The highest BCUT2D eigenvalue weighted by Gasteiger charge is 2.37. The predicted octanol–water partition coefficient (Wildman–Crippen LogP) is 24.4. The van der Waals surface area contributed by atoms with Crippen molar-refractivity contribution in [1.29, 1.82) is 0 Å². The van der Waals surface area contributed by atoms with Crippen molar-refractivity contribution in [2.75, 3.05) is 0 Å². The number of allylic oxidation sites excluding steroid dienone is 7. The number of hydrogen-bond donors (Lipinski definition) is 0. The third kappa shape index (κ3) is 82.6. The van der Waals surface area contributed by atoms with Crippen LogP contribution in [0.25, 0.3) is 0 Å². The van der Waals surface area contributed by atoms with Crippen LogP contribution < -0.4 is 0 Å². The van der Waals surface area contributed by atoms with Gasteiger partial charge in [0.2, 0.25) is 0 Å². The Hall–Kier alpha value is -1.70. The first-order chi connectivity index (χ1) is 32.8. The summed E-state index contributed by atoms with van der Waals surface area (Å²) in [4.78, 5) is 0. The lowest BCUT2D eigenvalue weighted by atomic mass is 10.0. The average molecular weight is 992 g/mol. The first-order valence-corrected chi connectivity index (χ1v) is 30.6. The quantitative estimate of drug-likeness (QED) is 0.0514. The van der Waals surface area contributed by atoms with Crippen LogP contribution in [0.3, 0.4) is 0 Å². The predicted molar refractivity (Wildman–Crippen MR) is 334 cm³/mol. The summed E-state index contributed by atoms with van der Waals surface area (Å²) in [6, 6.07) is 0. The number of hydrogen-bond acceptors (Lipinski definition) is 0. The van der Waals surface area contributed by atoms with E-state index in [0.29, 0.717) is 11.8 Å². The average Bonchev–Trinajstić information content (AvgIpc) is 4.12. The lowest BCUT2D eigenvalue weighted by Gasteiger charge is -2.05. The Bertz CT molecular complexity index is 1170. The van der Waals surface area contributed by atoms with Crippen molar-refractivity contribution >= 4 is 0 Å². The molecule has 2 fully saturated rings. The van der Waals surface area contributed by atoms with E-state index in [0.717, 1.165) is 114 Å². The van der Waals surface area contributed by atoms with Crippen molar-refractivity contribution in [2.24, 2.45) is 107 Å². The molecule has 0 N–H and O–H groups in total. The molecule has 0 aromatic rings. The van der Waals surface area contributed by atoms with Crippen LogP contribution in [-0.2, 0) is 0 Å². The molecule has 0 heterocycles. The summed E-state index contributed by atoms with van der Waals surface area (Å²) in [6.45, 7) is 63.1. The van der Waals surface area contributed by atoms with Crippen LogP contribution in [0.1, 0.15) is 284 Å². The molecule has 2 aliphatic carbocycles. The Morgan fingerprint density at radius 1 is 0.296 bits per heavy atom. The van der Waals surface area contributed by atoms with Crippen LogP contribution in [0.4, 0.5) is 0 Å². The van der Waals surface area contributed by atoms with E-state index in [2.05, 4.69) is 260 Å². The Morgan fingerprint density at radius 3 is 0.746 bits per heavy atom. The van der Waals surface area contributed by atoms with Gasteiger partial charge in [0.15, 0.2) is 0 Å². The maximum Gasteiger partial charge on any atom is 0.0112 e. The maximum absolute atomic E-state index is 3.17. The van der Waals surface area contributed by atoms with E-state index in [4.69, 9.17) is 0 Å². The van der Waals surface area contributed by atoms with E-state index >= 15 is 0 Å². The van der Waals surface area contributed by atoms with E-state index in [9.17, 15) is 0 Å². The molecule has 0 amide bonds. The smallest absolute Gasteiger partial charge is 0.0112 e. The molecule has 0 nitrogen and oxygen atoms in total. The van der Waals surface area contributed by atoms with Crippen LogP contribution in [0.2, 0.25) is 0 Å². The molecule has 4 atom stereocenters. The molecule has 0 aliphatic heterocycles. The van der Waals surface area contributed by atoms with Gasteiger partial charge in [-0.15, -0.1) is 17.6 Å². The SMILES string of the molecule is CC(C)/C=C/CC(C)C.CC(C)C/C=C/CC(C)C.CC(C)C/C=C\CC(C)C.CC(C)C=C=CCC(C)C.CC(C)CC#CCC(C)C.CC(C)CC1CC1CC(C)C.CC(C)CC1CC1CC(C)C. The maximum atomic E-state index is 3.17. The highest BCUT2D eigenvalue weighted by molar-refractivity contribution is 4.99. The first kappa shape index (κ1) is 78.2. The molecule has 0 radical (unpaired) electrons. The van der Waals surface area contributed by atoms with Crippen molar-refractivity contribution in [3.05, 3.63) is 54.3 Å². The molecule has 2 rings (SSSR count). The molecule has 0 aromatic carbocycles. The lowest BCUT2D eigenvalue weighted by Crippen LogP contribution is -1.94. The zero-order chi connectivity index (χ0) is 56.1. The second-order valence-electron chi connectivity index (χ2n) is 27.8. The fraction of sp³-hybridized carbons (Fsp3) is 0.845. The van der Waals surface area contributed by atoms with Gasteiger partial charge in [-0.2, -0.15) is 0 Å². The Balaban J connectivity index is -0.000000239. The second kappa shape index (κ2) is 51.8. The van der Waals surface area contributed by atoms with Gasteiger partial charge in [-0.05, 0) is 196 Å². The Morgan fingerprint density at radius 2 is 0.549 bits per heavy atom. The van der Waals surface area contributed by atoms with Crippen LogP contribution in [0.15, 0.2) is 54.3 Å². The Kier molecular flexibility index (Phi) is 57.0. The summed E-state index contributed by atoms with van der Waals surface area (Å²) in [5.41, 5.74) is 3.17. The summed E-state index contributed by atoms with van der Waals surface area (Å²) < 4.78 is 0. The third-order valence-electron chi connectivity index (χ3n) is 11.4. The molecule has 0 saturated heterocycles. The molecule has 422 valence electrons. The van der Waals surface area contributed by atoms with E-state index in [-0.39, 0.29) is 0 Å². The van der Waals surface area contributed by atoms with Crippen LogP contribution in [0, 0.1) is 118 Å². The highest BCUT2D eigenvalue weighted by Crippen LogP contribution is 2.47. The van der Waals surface area contributed by atoms with Gasteiger partial charge in [0.05, 0.1) is 0 Å². The fourth-order valence-corrected chi connectivity index (χ4v) is 7.41. The van der Waals surface area contributed by atoms with E-state index in [1.165, 1.54) is 70.6 Å². The van der Waals surface area contributed by atoms with E-state index < -0.39 is 0 Å². The molecule has 0 spiro atoms. The van der Waals surface area contributed by atoms with Gasteiger partial charge in [-0.1, -0.05) is 230 Å². The van der Waals surface area contributed by atoms with Gasteiger partial charge < -0.3 is 0 Å². The first-order valence-electron chi connectivity index (χ1n) is 30.6. The van der Waals surface area contributed by atoms with Gasteiger partial charge in [0.1, 0.15) is 0 Å². The molecule has 71 heavy (non-hydrogen) atoms. The molecular formula is C71H138. The van der Waals surface area contributed by atoms with Gasteiger partial charge in [-0.3, -0.25) is 0 Å². The molecule has 0 heteroatoms. The summed E-state index contributed by atoms with van der Waals surface area (Å²) in [6.07, 6.45) is 36.2. The van der Waals surface area contributed by atoms with Gasteiger partial charge in [-0.25, -0.2) is 0 Å². The Labute approximate surface area is 454 Å². The van der Waals surface area contributed by atoms with Gasteiger partial charge in [0, 0.05) is 12.8 Å². The second-order valence-corrected chi connectivity index (χ2v) is 27.8. The normalized spacial score (nSPS) is 17.0. The topological polar surface area (TPSA) is 0 Å². The van der Waals surface area contributed by atoms with Crippen molar-refractivity contribution in [3.63, 3.8) is 0 Å². The van der Waals surface area contributed by atoms with Gasteiger partial charge >= 0.3 is 0 Å². The minimum absolute atomic E-state index is 0.628. The molecule has 0 bridgehead atoms. The zero-order valence-corrected chi connectivity index (χ0v) is 54.4. The lowest BCUT2D eigenvalue weighted by molar-refractivity contribution is 0.464. The van der Waals surface area contributed by atoms with Crippen molar-refractivity contribution < 1.29 is 0 Å². The fourth-order valence-electron chi connectivity index (χ4n) is 7.41. The largest absolute Gasteiger partial charge is 0.129 e. The van der Waals surface area contributed by atoms with E-state index in [1.54, 1.807) is 0 Å². The molecule has 2 aliphatic rings. The monoisotopic (exact) mass is 991 g/mol. The van der Waals surface area contributed by atoms with Gasteiger partial charge in [0.25, 0.3) is 0 Å². The summed E-state index contributed by atoms with van der Waals surface area (Å²) in [5, 5.41) is 0. The van der Waals surface area contributed by atoms with Crippen molar-refractivity contribution in [1.82, 2.24) is 0 Å².